The van der Waals surface area contributed by atoms with E-state index in [0.717, 1.165) is 22.4 Å². The molecule has 112 valence electrons. The molecule has 0 bridgehead atoms. The first kappa shape index (κ1) is 15.6. The predicted molar refractivity (Wildman–Crippen MR) is 85.6 cm³/mol. The third kappa shape index (κ3) is 3.10. The van der Waals surface area contributed by atoms with Crippen molar-refractivity contribution in [3.63, 3.8) is 0 Å². The molecule has 0 aliphatic rings. The van der Waals surface area contributed by atoms with E-state index in [1.165, 1.54) is 0 Å². The molecule has 1 aromatic heterocycles. The Morgan fingerprint density at radius 2 is 1.95 bits per heavy atom. The normalized spacial score (nSPS) is 12.3. The van der Waals surface area contributed by atoms with Gasteiger partial charge in [0.2, 0.25) is 5.91 Å². The van der Waals surface area contributed by atoms with Crippen LogP contribution in [0.1, 0.15) is 24.1 Å². The summed E-state index contributed by atoms with van der Waals surface area (Å²) in [5.41, 5.74) is 4.05. The van der Waals surface area contributed by atoms with Gasteiger partial charge in [-0.3, -0.25) is 9.48 Å². The molecule has 5 heteroatoms. The minimum absolute atomic E-state index is 0.0249. The standard InChI is InChI=1S/C16H20ClN3O/c1-10-8-13(17)6-7-14(10)15-11(2)9-20(18-15)12(3)16(21)19(4)5/h6-9,12H,1-5H3. The molecule has 0 radical (unpaired) electrons. The zero-order chi connectivity index (χ0) is 15.7. The second-order valence-corrected chi connectivity index (χ2v) is 5.95. The number of nitrogens with zero attached hydrogens (tertiary/aromatic N) is 3. The second-order valence-electron chi connectivity index (χ2n) is 5.51. The lowest BCUT2D eigenvalue weighted by molar-refractivity contribution is -0.131. The van der Waals surface area contributed by atoms with Gasteiger partial charge < -0.3 is 4.90 Å². The lowest BCUT2D eigenvalue weighted by Crippen LogP contribution is -2.30. The highest BCUT2D eigenvalue weighted by atomic mass is 35.5. The maximum atomic E-state index is 12.1. The summed E-state index contributed by atoms with van der Waals surface area (Å²) in [5.74, 6) is 0.0249. The molecular formula is C16H20ClN3O. The Balaban J connectivity index is 2.42. The molecule has 1 atom stereocenters. The van der Waals surface area contributed by atoms with Crippen LogP contribution in [0.15, 0.2) is 24.4 Å². The van der Waals surface area contributed by atoms with Crippen LogP contribution in [0.4, 0.5) is 0 Å². The Hall–Kier alpha value is -1.81. The summed E-state index contributed by atoms with van der Waals surface area (Å²) in [6, 6.07) is 5.43. The molecule has 2 rings (SSSR count). The van der Waals surface area contributed by atoms with Gasteiger partial charge in [0, 0.05) is 30.9 Å². The van der Waals surface area contributed by atoms with E-state index in [1.807, 2.05) is 45.2 Å². The van der Waals surface area contributed by atoms with Crippen LogP contribution in [0.3, 0.4) is 0 Å². The fraction of sp³-hybridized carbons (Fsp3) is 0.375. The van der Waals surface area contributed by atoms with E-state index in [-0.39, 0.29) is 11.9 Å². The van der Waals surface area contributed by atoms with Gasteiger partial charge in [-0.15, -0.1) is 0 Å². The Kier molecular flexibility index (Phi) is 4.37. The molecule has 1 aromatic carbocycles. The lowest BCUT2D eigenvalue weighted by Gasteiger charge is -2.16. The molecule has 4 nitrogen and oxygen atoms in total. The van der Waals surface area contributed by atoms with Crippen molar-refractivity contribution in [3.05, 3.63) is 40.5 Å². The number of hydrogen-bond donors (Lipinski definition) is 0. The molecule has 0 aliphatic heterocycles. The Labute approximate surface area is 130 Å². The third-order valence-corrected chi connectivity index (χ3v) is 3.79. The van der Waals surface area contributed by atoms with E-state index in [9.17, 15) is 4.79 Å². The summed E-state index contributed by atoms with van der Waals surface area (Å²) in [4.78, 5) is 13.6. The van der Waals surface area contributed by atoms with Crippen LogP contribution in [0.25, 0.3) is 11.3 Å². The van der Waals surface area contributed by atoms with Crippen LogP contribution in [-0.4, -0.2) is 34.7 Å². The minimum atomic E-state index is -0.319. The van der Waals surface area contributed by atoms with Gasteiger partial charge in [0.05, 0.1) is 5.69 Å². The largest absolute Gasteiger partial charge is 0.347 e. The number of carbonyl (C=O) groups is 1. The number of benzene rings is 1. The van der Waals surface area contributed by atoms with Gasteiger partial charge in [-0.25, -0.2) is 0 Å². The first-order valence-corrected chi connectivity index (χ1v) is 7.22. The van der Waals surface area contributed by atoms with Gasteiger partial charge in [-0.2, -0.15) is 5.10 Å². The molecule has 0 aliphatic carbocycles. The van der Waals surface area contributed by atoms with E-state index in [4.69, 9.17) is 11.6 Å². The zero-order valence-corrected chi connectivity index (χ0v) is 13.8. The molecule has 0 N–H and O–H groups in total. The number of hydrogen-bond acceptors (Lipinski definition) is 2. The van der Waals surface area contributed by atoms with Gasteiger partial charge >= 0.3 is 0 Å². The topological polar surface area (TPSA) is 38.1 Å². The Bertz CT molecular complexity index is 676. The average Bonchev–Trinajstić information content (AvgIpc) is 2.79. The number of aryl methyl sites for hydroxylation is 2. The monoisotopic (exact) mass is 305 g/mol. The molecular weight excluding hydrogens is 286 g/mol. The molecule has 21 heavy (non-hydrogen) atoms. The van der Waals surface area contributed by atoms with Crippen molar-refractivity contribution in [3.8, 4) is 11.3 Å². The van der Waals surface area contributed by atoms with E-state index < -0.39 is 0 Å². The molecule has 1 heterocycles. The lowest BCUT2D eigenvalue weighted by atomic mass is 10.0. The molecule has 1 unspecified atom stereocenters. The fourth-order valence-electron chi connectivity index (χ4n) is 2.33. The van der Waals surface area contributed by atoms with Crippen molar-refractivity contribution in [2.24, 2.45) is 0 Å². The van der Waals surface area contributed by atoms with E-state index in [0.29, 0.717) is 5.02 Å². The van der Waals surface area contributed by atoms with Crippen molar-refractivity contribution in [2.45, 2.75) is 26.8 Å². The summed E-state index contributed by atoms with van der Waals surface area (Å²) >= 11 is 6.00. The average molecular weight is 306 g/mol. The van der Waals surface area contributed by atoms with E-state index in [1.54, 1.807) is 23.7 Å². The van der Waals surface area contributed by atoms with Crippen LogP contribution >= 0.6 is 11.6 Å². The SMILES string of the molecule is Cc1cc(Cl)ccc1-c1nn(C(C)C(=O)N(C)C)cc1C. The highest BCUT2D eigenvalue weighted by Gasteiger charge is 2.20. The van der Waals surface area contributed by atoms with Crippen molar-refractivity contribution in [2.75, 3.05) is 14.1 Å². The van der Waals surface area contributed by atoms with Crippen LogP contribution < -0.4 is 0 Å². The quantitative estimate of drug-likeness (QED) is 0.871. The van der Waals surface area contributed by atoms with Crippen molar-refractivity contribution in [1.82, 2.24) is 14.7 Å². The van der Waals surface area contributed by atoms with Crippen molar-refractivity contribution in [1.29, 1.82) is 0 Å². The predicted octanol–water partition coefficient (Wildman–Crippen LogP) is 3.47. The smallest absolute Gasteiger partial charge is 0.246 e. The van der Waals surface area contributed by atoms with E-state index in [2.05, 4.69) is 5.10 Å². The number of amides is 1. The first-order valence-electron chi connectivity index (χ1n) is 6.84. The number of halogens is 1. The maximum Gasteiger partial charge on any atom is 0.246 e. The van der Waals surface area contributed by atoms with Crippen LogP contribution in [0.2, 0.25) is 5.02 Å². The van der Waals surface area contributed by atoms with Crippen molar-refractivity contribution < 1.29 is 4.79 Å². The summed E-state index contributed by atoms with van der Waals surface area (Å²) in [7, 11) is 3.50. The van der Waals surface area contributed by atoms with Crippen LogP contribution in [0, 0.1) is 13.8 Å². The van der Waals surface area contributed by atoms with Crippen LogP contribution in [-0.2, 0) is 4.79 Å². The van der Waals surface area contributed by atoms with Crippen molar-refractivity contribution >= 4 is 17.5 Å². The summed E-state index contributed by atoms with van der Waals surface area (Å²) in [6.45, 7) is 5.86. The highest BCUT2D eigenvalue weighted by molar-refractivity contribution is 6.30. The summed E-state index contributed by atoms with van der Waals surface area (Å²) < 4.78 is 1.72. The summed E-state index contributed by atoms with van der Waals surface area (Å²) in [6.07, 6.45) is 1.91. The Morgan fingerprint density at radius 1 is 1.29 bits per heavy atom. The van der Waals surface area contributed by atoms with Gasteiger partial charge in [0.15, 0.2) is 0 Å². The number of aromatic nitrogens is 2. The van der Waals surface area contributed by atoms with Gasteiger partial charge in [-0.05, 0) is 44.0 Å². The maximum absolute atomic E-state index is 12.1. The number of carbonyl (C=O) groups excluding carboxylic acids is 1. The molecule has 0 spiro atoms. The number of likely N-dealkylation sites (N-methyl/N-ethyl adjacent to an activating group) is 1. The molecule has 1 amide bonds. The fourth-order valence-corrected chi connectivity index (χ4v) is 2.55. The zero-order valence-electron chi connectivity index (χ0n) is 13.0. The van der Waals surface area contributed by atoms with Gasteiger partial charge in [0.25, 0.3) is 0 Å². The first-order chi connectivity index (χ1) is 9.81. The molecule has 0 fully saturated rings. The molecule has 2 aromatic rings. The molecule has 0 saturated heterocycles. The molecule has 0 saturated carbocycles. The van der Waals surface area contributed by atoms with Gasteiger partial charge in [-0.1, -0.05) is 17.7 Å². The summed E-state index contributed by atoms with van der Waals surface area (Å²) in [5, 5.41) is 5.31. The van der Waals surface area contributed by atoms with Gasteiger partial charge in [0.1, 0.15) is 6.04 Å². The Morgan fingerprint density at radius 3 is 2.52 bits per heavy atom. The minimum Gasteiger partial charge on any atom is -0.347 e. The highest BCUT2D eigenvalue weighted by Crippen LogP contribution is 2.28. The third-order valence-electron chi connectivity index (χ3n) is 3.55. The van der Waals surface area contributed by atoms with Crippen LogP contribution in [0.5, 0.6) is 0 Å². The van der Waals surface area contributed by atoms with E-state index >= 15 is 0 Å². The second kappa shape index (κ2) is 5.90. The number of rotatable bonds is 3.